The highest BCUT2D eigenvalue weighted by molar-refractivity contribution is 6.01. The molecule has 5 heteroatoms. The predicted octanol–water partition coefficient (Wildman–Crippen LogP) is 1.63. The van der Waals surface area contributed by atoms with E-state index in [1.807, 2.05) is 0 Å². The zero-order valence-electron chi connectivity index (χ0n) is 8.10. The number of hydrogen-bond acceptors (Lipinski definition) is 4. The van der Waals surface area contributed by atoms with E-state index in [9.17, 15) is 4.79 Å². The molecule has 2 aromatic rings. The van der Waals surface area contributed by atoms with Crippen molar-refractivity contribution in [2.24, 2.45) is 0 Å². The Balaban J connectivity index is 2.11. The van der Waals surface area contributed by atoms with Crippen molar-refractivity contribution >= 4 is 11.7 Å². The van der Waals surface area contributed by atoms with Crippen LogP contribution in [0.3, 0.4) is 0 Å². The van der Waals surface area contributed by atoms with E-state index in [0.717, 1.165) is 0 Å². The van der Waals surface area contributed by atoms with Gasteiger partial charge in [0.15, 0.2) is 0 Å². The van der Waals surface area contributed by atoms with Crippen LogP contribution in [-0.2, 0) is 0 Å². The monoisotopic (exact) mass is 203 g/mol. The molecule has 0 unspecified atom stereocenters. The second-order valence-corrected chi connectivity index (χ2v) is 3.00. The van der Waals surface area contributed by atoms with Gasteiger partial charge in [0.05, 0.1) is 5.69 Å². The molecule has 0 atom stereocenters. The number of anilines is 1. The molecule has 0 aromatic carbocycles. The SMILES string of the molecule is Cc1cc(C(=O)Nc2ccccn2)on1. The topological polar surface area (TPSA) is 68.0 Å². The summed E-state index contributed by atoms with van der Waals surface area (Å²) in [5.74, 6) is 0.309. The number of hydrogen-bond donors (Lipinski definition) is 1. The quantitative estimate of drug-likeness (QED) is 0.805. The minimum atomic E-state index is -0.352. The average Bonchev–Trinajstić information content (AvgIpc) is 2.66. The molecule has 0 bridgehead atoms. The van der Waals surface area contributed by atoms with Crippen LogP contribution in [0.2, 0.25) is 0 Å². The molecule has 0 radical (unpaired) electrons. The summed E-state index contributed by atoms with van der Waals surface area (Å²) in [4.78, 5) is 15.5. The Morgan fingerprint density at radius 2 is 2.33 bits per heavy atom. The van der Waals surface area contributed by atoms with E-state index in [1.54, 1.807) is 37.4 Å². The standard InChI is InChI=1S/C10H9N3O2/c1-7-6-8(15-13-7)10(14)12-9-4-2-3-5-11-9/h2-6H,1H3,(H,11,12,14). The zero-order chi connectivity index (χ0) is 10.7. The molecule has 1 amide bonds. The molecule has 0 saturated heterocycles. The first-order valence-electron chi connectivity index (χ1n) is 4.41. The van der Waals surface area contributed by atoms with Gasteiger partial charge in [-0.25, -0.2) is 4.98 Å². The number of rotatable bonds is 2. The second kappa shape index (κ2) is 3.91. The number of nitrogens with one attached hydrogen (secondary N) is 1. The van der Waals surface area contributed by atoms with Crippen LogP contribution in [0, 0.1) is 6.92 Å². The number of pyridine rings is 1. The number of aryl methyl sites for hydroxylation is 1. The first kappa shape index (κ1) is 9.39. The number of carbonyl (C=O) groups is 1. The first-order chi connectivity index (χ1) is 7.25. The molecule has 0 aliphatic rings. The molecule has 2 aromatic heterocycles. The Morgan fingerprint density at radius 1 is 1.47 bits per heavy atom. The maximum Gasteiger partial charge on any atom is 0.295 e. The third kappa shape index (κ3) is 2.19. The zero-order valence-corrected chi connectivity index (χ0v) is 8.10. The Hall–Kier alpha value is -2.17. The summed E-state index contributed by atoms with van der Waals surface area (Å²) in [6.45, 7) is 1.75. The molecule has 0 fully saturated rings. The predicted molar refractivity (Wildman–Crippen MR) is 53.4 cm³/mol. The molecule has 0 aliphatic heterocycles. The molecular formula is C10H9N3O2. The van der Waals surface area contributed by atoms with Crippen molar-refractivity contribution in [3.63, 3.8) is 0 Å². The van der Waals surface area contributed by atoms with Gasteiger partial charge in [-0.15, -0.1) is 0 Å². The lowest BCUT2D eigenvalue weighted by molar-refractivity contribution is 0.0987. The van der Waals surface area contributed by atoms with E-state index < -0.39 is 0 Å². The highest BCUT2D eigenvalue weighted by atomic mass is 16.5. The van der Waals surface area contributed by atoms with Crippen LogP contribution in [0.15, 0.2) is 35.0 Å². The maximum atomic E-state index is 11.5. The van der Waals surface area contributed by atoms with Gasteiger partial charge in [-0.3, -0.25) is 4.79 Å². The van der Waals surface area contributed by atoms with Crippen LogP contribution < -0.4 is 5.32 Å². The summed E-state index contributed by atoms with van der Waals surface area (Å²) >= 11 is 0. The van der Waals surface area contributed by atoms with Crippen LogP contribution in [0.5, 0.6) is 0 Å². The van der Waals surface area contributed by atoms with Crippen molar-refractivity contribution in [3.8, 4) is 0 Å². The van der Waals surface area contributed by atoms with Crippen LogP contribution in [-0.4, -0.2) is 16.0 Å². The lowest BCUT2D eigenvalue weighted by Gasteiger charge is -1.99. The molecule has 0 spiro atoms. The molecule has 0 aliphatic carbocycles. The normalized spacial score (nSPS) is 9.93. The van der Waals surface area contributed by atoms with Crippen molar-refractivity contribution in [1.82, 2.24) is 10.1 Å². The summed E-state index contributed by atoms with van der Waals surface area (Å²) < 4.78 is 4.81. The van der Waals surface area contributed by atoms with E-state index in [-0.39, 0.29) is 11.7 Å². The van der Waals surface area contributed by atoms with Crippen LogP contribution in [0.25, 0.3) is 0 Å². The number of nitrogens with zero attached hydrogens (tertiary/aromatic N) is 2. The second-order valence-electron chi connectivity index (χ2n) is 3.00. The fourth-order valence-corrected chi connectivity index (χ4v) is 1.09. The van der Waals surface area contributed by atoms with Gasteiger partial charge in [0.25, 0.3) is 5.91 Å². The van der Waals surface area contributed by atoms with Crippen molar-refractivity contribution < 1.29 is 9.32 Å². The van der Waals surface area contributed by atoms with Crippen LogP contribution >= 0.6 is 0 Å². The van der Waals surface area contributed by atoms with Crippen molar-refractivity contribution in [3.05, 3.63) is 41.9 Å². The molecule has 15 heavy (non-hydrogen) atoms. The molecule has 76 valence electrons. The Morgan fingerprint density at radius 3 is 2.93 bits per heavy atom. The van der Waals surface area contributed by atoms with Crippen LogP contribution in [0.1, 0.15) is 16.2 Å². The van der Waals surface area contributed by atoms with E-state index in [4.69, 9.17) is 4.52 Å². The molecular weight excluding hydrogens is 194 g/mol. The molecule has 5 nitrogen and oxygen atoms in total. The Bertz CT molecular complexity index is 465. The minimum Gasteiger partial charge on any atom is -0.351 e. The molecule has 2 heterocycles. The molecule has 2 rings (SSSR count). The fraction of sp³-hybridized carbons (Fsp3) is 0.100. The number of aromatic nitrogens is 2. The lowest BCUT2D eigenvalue weighted by Crippen LogP contribution is -2.11. The summed E-state index contributed by atoms with van der Waals surface area (Å²) in [6, 6.07) is 6.82. The molecule has 1 N–H and O–H groups in total. The van der Waals surface area contributed by atoms with Crippen molar-refractivity contribution in [2.45, 2.75) is 6.92 Å². The van der Waals surface area contributed by atoms with Gasteiger partial charge in [-0.2, -0.15) is 0 Å². The summed E-state index contributed by atoms with van der Waals surface area (Å²) in [6.07, 6.45) is 1.60. The van der Waals surface area contributed by atoms with E-state index >= 15 is 0 Å². The Kier molecular flexibility index (Phi) is 2.45. The largest absolute Gasteiger partial charge is 0.351 e. The van der Waals surface area contributed by atoms with Crippen LogP contribution in [0.4, 0.5) is 5.82 Å². The summed E-state index contributed by atoms with van der Waals surface area (Å²) in [5, 5.41) is 6.21. The summed E-state index contributed by atoms with van der Waals surface area (Å²) in [5.41, 5.74) is 0.668. The van der Waals surface area contributed by atoms with Gasteiger partial charge >= 0.3 is 0 Å². The van der Waals surface area contributed by atoms with Gasteiger partial charge in [-0.05, 0) is 19.1 Å². The average molecular weight is 203 g/mol. The smallest absolute Gasteiger partial charge is 0.295 e. The highest BCUT2D eigenvalue weighted by Crippen LogP contribution is 2.06. The van der Waals surface area contributed by atoms with E-state index in [0.29, 0.717) is 11.5 Å². The molecule has 0 saturated carbocycles. The van der Waals surface area contributed by atoms with Gasteiger partial charge < -0.3 is 9.84 Å². The van der Waals surface area contributed by atoms with Gasteiger partial charge in [0.1, 0.15) is 5.82 Å². The minimum absolute atomic E-state index is 0.179. The van der Waals surface area contributed by atoms with Crippen molar-refractivity contribution in [2.75, 3.05) is 5.32 Å². The van der Waals surface area contributed by atoms with Gasteiger partial charge in [-0.1, -0.05) is 11.2 Å². The number of amides is 1. The van der Waals surface area contributed by atoms with Gasteiger partial charge in [0.2, 0.25) is 5.76 Å². The third-order valence-electron chi connectivity index (χ3n) is 1.76. The van der Waals surface area contributed by atoms with E-state index in [1.165, 1.54) is 0 Å². The fourth-order valence-electron chi connectivity index (χ4n) is 1.09. The maximum absolute atomic E-state index is 11.5. The first-order valence-corrected chi connectivity index (χ1v) is 4.41. The van der Waals surface area contributed by atoms with Crippen molar-refractivity contribution in [1.29, 1.82) is 0 Å². The lowest BCUT2D eigenvalue weighted by atomic mass is 10.3. The number of carbonyl (C=O) groups excluding carboxylic acids is 1. The summed E-state index contributed by atoms with van der Waals surface area (Å²) in [7, 11) is 0. The van der Waals surface area contributed by atoms with E-state index in [2.05, 4.69) is 15.5 Å². The van der Waals surface area contributed by atoms with Gasteiger partial charge in [0, 0.05) is 12.3 Å². The third-order valence-corrected chi connectivity index (χ3v) is 1.76. The highest BCUT2D eigenvalue weighted by Gasteiger charge is 2.11. The Labute approximate surface area is 86.1 Å².